The number of phenols is 1. The number of ether oxygens (including phenoxy) is 1. The molecule has 0 heterocycles. The van der Waals surface area contributed by atoms with Crippen LogP contribution < -0.4 is 15.5 Å². The van der Waals surface area contributed by atoms with Gasteiger partial charge in [0.05, 0.1) is 18.2 Å². The fraction of sp³-hybridized carbons (Fsp3) is 0.182. The number of phenolic OH excluding ortho intramolecular Hbond substituents is 1. The number of hydrogen-bond acceptors (Lipinski definition) is 7. The number of aromatic hydroxyl groups is 1. The van der Waals surface area contributed by atoms with Gasteiger partial charge in [0, 0.05) is 18.7 Å². The molecule has 3 N–H and O–H groups in total. The number of likely N-dealkylation sites (N-methyl/N-ethyl adjacent to an activating group) is 1. The number of nitro benzene ring substituents is 1. The fourth-order valence-corrected chi connectivity index (χ4v) is 1.31. The van der Waals surface area contributed by atoms with E-state index in [-0.39, 0.29) is 11.3 Å². The third kappa shape index (κ3) is 3.89. The molecule has 0 unspecified atom stereocenters. The third-order valence-corrected chi connectivity index (χ3v) is 2.31. The number of nitrogens with one attached hydrogen (secondary N) is 2. The Balaban J connectivity index is 2.98. The van der Waals surface area contributed by atoms with Crippen LogP contribution in [0, 0.1) is 10.1 Å². The number of hydrogen-bond donors (Lipinski definition) is 3. The van der Waals surface area contributed by atoms with Crippen LogP contribution in [0.2, 0.25) is 0 Å². The van der Waals surface area contributed by atoms with E-state index in [0.29, 0.717) is 0 Å². The minimum Gasteiger partial charge on any atom is -0.500 e. The van der Waals surface area contributed by atoms with Gasteiger partial charge in [0.15, 0.2) is 5.75 Å². The van der Waals surface area contributed by atoms with Gasteiger partial charge in [-0.1, -0.05) is 0 Å². The van der Waals surface area contributed by atoms with Gasteiger partial charge in [-0.25, -0.2) is 5.43 Å². The summed E-state index contributed by atoms with van der Waals surface area (Å²) >= 11 is 0. The number of rotatable bonds is 4. The third-order valence-electron chi connectivity index (χ3n) is 2.31. The second kappa shape index (κ2) is 6.84. The summed E-state index contributed by atoms with van der Waals surface area (Å²) in [6.45, 7) is 0. The Morgan fingerprint density at radius 1 is 1.43 bits per heavy atom. The van der Waals surface area contributed by atoms with Gasteiger partial charge in [0.1, 0.15) is 0 Å². The van der Waals surface area contributed by atoms with E-state index in [2.05, 4.69) is 10.4 Å². The molecule has 0 aliphatic rings. The van der Waals surface area contributed by atoms with Gasteiger partial charge >= 0.3 is 17.5 Å². The summed E-state index contributed by atoms with van der Waals surface area (Å²) in [5.74, 6) is -2.62. The summed E-state index contributed by atoms with van der Waals surface area (Å²) in [5.41, 5.74) is 1.54. The first-order chi connectivity index (χ1) is 9.90. The lowest BCUT2D eigenvalue weighted by Crippen LogP contribution is -2.35. The second-order valence-corrected chi connectivity index (χ2v) is 3.63. The average molecular weight is 296 g/mol. The van der Waals surface area contributed by atoms with Crippen molar-refractivity contribution >= 4 is 23.7 Å². The van der Waals surface area contributed by atoms with Crippen LogP contribution in [0.4, 0.5) is 5.69 Å². The molecule has 0 saturated heterocycles. The fourth-order valence-electron chi connectivity index (χ4n) is 1.31. The molecule has 0 fully saturated rings. The molecule has 1 aromatic rings. The average Bonchev–Trinajstić information content (AvgIpc) is 2.47. The topological polar surface area (TPSA) is 143 Å². The molecule has 0 aliphatic carbocycles. The first-order valence-corrected chi connectivity index (χ1v) is 5.51. The van der Waals surface area contributed by atoms with Crippen molar-refractivity contribution in [3.8, 4) is 11.5 Å². The van der Waals surface area contributed by atoms with Gasteiger partial charge in [-0.3, -0.25) is 19.7 Å². The quantitative estimate of drug-likeness (QED) is 0.296. The molecule has 10 heteroatoms. The molecule has 10 nitrogen and oxygen atoms in total. The van der Waals surface area contributed by atoms with Crippen molar-refractivity contribution in [2.45, 2.75) is 0 Å². The van der Waals surface area contributed by atoms with Gasteiger partial charge in [0.25, 0.3) is 0 Å². The van der Waals surface area contributed by atoms with Crippen LogP contribution in [0.25, 0.3) is 0 Å². The first-order valence-electron chi connectivity index (χ1n) is 5.51. The number of carbonyl (C=O) groups excluding carboxylic acids is 2. The number of amides is 2. The van der Waals surface area contributed by atoms with E-state index >= 15 is 0 Å². The molecular weight excluding hydrogens is 284 g/mol. The summed E-state index contributed by atoms with van der Waals surface area (Å²) in [7, 11) is 2.51. The predicted octanol–water partition coefficient (Wildman–Crippen LogP) is -0.495. The number of nitro groups is 1. The van der Waals surface area contributed by atoms with Crippen molar-refractivity contribution in [1.82, 2.24) is 10.7 Å². The second-order valence-electron chi connectivity index (χ2n) is 3.63. The van der Waals surface area contributed by atoms with Crippen LogP contribution in [0.5, 0.6) is 11.5 Å². The minimum atomic E-state index is -0.992. The Hall–Kier alpha value is -3.17. The maximum atomic E-state index is 11.1. The first kappa shape index (κ1) is 15.9. The molecule has 0 bridgehead atoms. The van der Waals surface area contributed by atoms with E-state index in [4.69, 9.17) is 4.74 Å². The van der Waals surface area contributed by atoms with Gasteiger partial charge in [0.2, 0.25) is 5.75 Å². The molecule has 2 amide bonds. The highest BCUT2D eigenvalue weighted by molar-refractivity contribution is 6.34. The molecule has 0 aromatic heterocycles. The summed E-state index contributed by atoms with van der Waals surface area (Å²) in [6.07, 6.45) is 1.07. The maximum Gasteiger partial charge on any atom is 0.329 e. The maximum absolute atomic E-state index is 11.1. The zero-order valence-electron chi connectivity index (χ0n) is 11.1. The summed E-state index contributed by atoms with van der Waals surface area (Å²) in [6, 6.07) is 2.31. The van der Waals surface area contributed by atoms with Crippen LogP contribution >= 0.6 is 0 Å². The van der Waals surface area contributed by atoms with Crippen LogP contribution in [-0.4, -0.2) is 42.2 Å². The summed E-state index contributed by atoms with van der Waals surface area (Å²) < 4.78 is 4.79. The molecule has 0 atom stereocenters. The normalized spacial score (nSPS) is 10.2. The molecule has 0 aliphatic heterocycles. The van der Waals surface area contributed by atoms with E-state index in [9.17, 15) is 24.8 Å². The number of benzene rings is 1. The predicted molar refractivity (Wildman–Crippen MR) is 71.1 cm³/mol. The zero-order chi connectivity index (χ0) is 16.0. The van der Waals surface area contributed by atoms with Crippen molar-refractivity contribution in [2.75, 3.05) is 14.2 Å². The van der Waals surface area contributed by atoms with Crippen molar-refractivity contribution < 1.29 is 24.4 Å². The lowest BCUT2D eigenvalue weighted by Gasteiger charge is -2.05. The molecule has 1 aromatic carbocycles. The van der Waals surface area contributed by atoms with Gasteiger partial charge in [-0.05, 0) is 6.07 Å². The van der Waals surface area contributed by atoms with Gasteiger partial charge in [-0.15, -0.1) is 0 Å². The molecule has 0 radical (unpaired) electrons. The molecule has 21 heavy (non-hydrogen) atoms. The Morgan fingerprint density at radius 2 is 2.10 bits per heavy atom. The monoisotopic (exact) mass is 296 g/mol. The van der Waals surface area contributed by atoms with Crippen LogP contribution in [-0.2, 0) is 9.59 Å². The van der Waals surface area contributed by atoms with Crippen LogP contribution in [0.15, 0.2) is 17.2 Å². The lowest BCUT2D eigenvalue weighted by molar-refractivity contribution is -0.386. The van der Waals surface area contributed by atoms with Gasteiger partial charge < -0.3 is 15.2 Å². The highest BCUT2D eigenvalue weighted by atomic mass is 16.6. The Morgan fingerprint density at radius 3 is 2.62 bits per heavy atom. The van der Waals surface area contributed by atoms with E-state index in [1.54, 1.807) is 0 Å². The molecule has 0 spiro atoms. The summed E-state index contributed by atoms with van der Waals surface area (Å²) in [5, 5.41) is 25.9. The lowest BCUT2D eigenvalue weighted by atomic mass is 10.2. The van der Waals surface area contributed by atoms with Crippen molar-refractivity contribution in [2.24, 2.45) is 5.10 Å². The van der Waals surface area contributed by atoms with Crippen molar-refractivity contribution in [3.63, 3.8) is 0 Å². The number of nitrogens with zero attached hydrogens (tertiary/aromatic N) is 2. The molecular formula is C11H12N4O6. The molecule has 112 valence electrons. The standard InChI is InChI=1S/C11H12N4O6/c1-12-10(17)11(18)14-13-5-6-3-7(15(19)20)9(16)8(4-6)21-2/h3-5,16H,1-2H3,(H,12,17)(H,14,18)/b13-5+. The Bertz CT molecular complexity index is 613. The Labute approximate surface area is 118 Å². The number of methoxy groups -OCH3 is 1. The van der Waals surface area contributed by atoms with Crippen LogP contribution in [0.1, 0.15) is 5.56 Å². The number of carbonyl (C=O) groups is 2. The number of hydrazone groups is 1. The minimum absolute atomic E-state index is 0.122. The highest BCUT2D eigenvalue weighted by Crippen LogP contribution is 2.36. The molecule has 1 rings (SSSR count). The van der Waals surface area contributed by atoms with E-state index in [1.165, 1.54) is 20.2 Å². The summed E-state index contributed by atoms with van der Waals surface area (Å²) in [4.78, 5) is 32.0. The van der Waals surface area contributed by atoms with E-state index in [0.717, 1.165) is 12.3 Å². The highest BCUT2D eigenvalue weighted by Gasteiger charge is 2.19. The smallest absolute Gasteiger partial charge is 0.329 e. The van der Waals surface area contributed by atoms with Crippen molar-refractivity contribution in [3.05, 3.63) is 27.8 Å². The Kier molecular flexibility index (Phi) is 5.17. The van der Waals surface area contributed by atoms with Gasteiger partial charge in [-0.2, -0.15) is 5.10 Å². The van der Waals surface area contributed by atoms with E-state index < -0.39 is 28.2 Å². The van der Waals surface area contributed by atoms with E-state index in [1.807, 2.05) is 5.43 Å². The zero-order valence-corrected chi connectivity index (χ0v) is 11.1. The largest absolute Gasteiger partial charge is 0.500 e. The SMILES string of the molecule is CNC(=O)C(=O)N/N=C/c1cc(OC)c(O)c([N+](=O)[O-])c1. The van der Waals surface area contributed by atoms with Crippen molar-refractivity contribution in [1.29, 1.82) is 0 Å². The van der Waals surface area contributed by atoms with Crippen LogP contribution in [0.3, 0.4) is 0 Å². The molecule has 0 saturated carbocycles.